The Morgan fingerprint density at radius 3 is 2.48 bits per heavy atom. The Bertz CT molecular complexity index is 909. The second-order valence-electron chi connectivity index (χ2n) is 8.57. The lowest BCUT2D eigenvalue weighted by Crippen LogP contribution is -2.46. The molecule has 0 aromatic heterocycles. The first-order chi connectivity index (χ1) is 14.0. The van der Waals surface area contributed by atoms with Crippen LogP contribution in [0.3, 0.4) is 0 Å². The van der Waals surface area contributed by atoms with Crippen LogP contribution in [0.25, 0.3) is 5.57 Å². The largest absolute Gasteiger partial charge is 0.482 e. The first kappa shape index (κ1) is 19.7. The number of piperidine rings is 1. The summed E-state index contributed by atoms with van der Waals surface area (Å²) in [5.41, 5.74) is 4.20. The number of fused-ring (bicyclic) bond motifs is 1. The van der Waals surface area contributed by atoms with Crippen LogP contribution >= 0.6 is 0 Å². The van der Waals surface area contributed by atoms with E-state index in [4.69, 9.17) is 4.74 Å². The molecule has 1 fully saturated rings. The van der Waals surface area contributed by atoms with E-state index in [2.05, 4.69) is 55.6 Å². The van der Waals surface area contributed by atoms with Crippen LogP contribution in [0.15, 0.2) is 54.6 Å². The monoisotopic (exact) mass is 390 g/mol. The van der Waals surface area contributed by atoms with E-state index in [0.29, 0.717) is 12.3 Å². The predicted molar refractivity (Wildman–Crippen MR) is 118 cm³/mol. The third-order valence-corrected chi connectivity index (χ3v) is 5.87. The van der Waals surface area contributed by atoms with Gasteiger partial charge in [-0.15, -0.1) is 0 Å². The van der Waals surface area contributed by atoms with Gasteiger partial charge in [-0.3, -0.25) is 4.79 Å². The zero-order valence-corrected chi connectivity index (χ0v) is 17.6. The number of nitrogens with one attached hydrogen (secondary N) is 1. The van der Waals surface area contributed by atoms with Crippen LogP contribution in [0, 0.1) is 5.92 Å². The van der Waals surface area contributed by atoms with Crippen molar-refractivity contribution in [2.75, 3.05) is 25.0 Å². The van der Waals surface area contributed by atoms with Gasteiger partial charge in [0.05, 0.1) is 0 Å². The fourth-order valence-electron chi connectivity index (χ4n) is 4.20. The van der Waals surface area contributed by atoms with Gasteiger partial charge in [0.25, 0.3) is 0 Å². The molecule has 4 rings (SSSR count). The lowest BCUT2D eigenvalue weighted by Gasteiger charge is -2.40. The fraction of sp³-hybridized carbons (Fsp3) is 0.400. The first-order valence-corrected chi connectivity index (χ1v) is 10.6. The molecule has 1 saturated heterocycles. The van der Waals surface area contributed by atoms with Crippen molar-refractivity contribution >= 4 is 17.2 Å². The quantitative estimate of drug-likeness (QED) is 0.827. The Hall–Kier alpha value is -2.59. The van der Waals surface area contributed by atoms with Gasteiger partial charge in [0.1, 0.15) is 11.4 Å². The molecule has 2 heterocycles. The van der Waals surface area contributed by atoms with Crippen LogP contribution in [0.4, 0.5) is 5.69 Å². The lowest BCUT2D eigenvalue weighted by atomic mass is 9.83. The van der Waals surface area contributed by atoms with Crippen molar-refractivity contribution in [3.05, 3.63) is 65.7 Å². The number of hydrogen-bond acceptors (Lipinski definition) is 3. The third-order valence-electron chi connectivity index (χ3n) is 5.87. The van der Waals surface area contributed by atoms with Crippen molar-refractivity contribution in [1.82, 2.24) is 5.32 Å². The molecule has 0 bridgehead atoms. The molecule has 4 nitrogen and oxygen atoms in total. The second kappa shape index (κ2) is 8.03. The van der Waals surface area contributed by atoms with Crippen LogP contribution in [-0.2, 0) is 4.79 Å². The smallest absolute Gasteiger partial charge is 0.226 e. The molecule has 0 atom stereocenters. The normalized spacial score (nSPS) is 17.4. The van der Waals surface area contributed by atoms with Crippen LogP contribution in [-0.4, -0.2) is 31.6 Å². The molecule has 2 aromatic rings. The lowest BCUT2D eigenvalue weighted by molar-refractivity contribution is -0.119. The molecule has 1 amide bonds. The molecule has 0 aliphatic carbocycles. The Morgan fingerprint density at radius 1 is 1.10 bits per heavy atom. The van der Waals surface area contributed by atoms with Crippen molar-refractivity contribution in [2.24, 2.45) is 5.92 Å². The van der Waals surface area contributed by atoms with Crippen molar-refractivity contribution in [3.63, 3.8) is 0 Å². The zero-order valence-electron chi connectivity index (χ0n) is 17.6. The Morgan fingerprint density at radius 2 is 1.79 bits per heavy atom. The maximum Gasteiger partial charge on any atom is 0.226 e. The summed E-state index contributed by atoms with van der Waals surface area (Å²) in [6.07, 6.45) is 4.81. The minimum atomic E-state index is -0.238. The molecule has 2 aliphatic heterocycles. The minimum Gasteiger partial charge on any atom is -0.482 e. The summed E-state index contributed by atoms with van der Waals surface area (Å²) in [7, 11) is 1.85. The SMILES string of the molecule is CC(C)CC(=O)N(C)c1ccc(C2=CC3(CCNCC3)Oc3ccccc32)cc1. The highest BCUT2D eigenvalue weighted by Crippen LogP contribution is 2.42. The van der Waals surface area contributed by atoms with Gasteiger partial charge in [-0.2, -0.15) is 0 Å². The summed E-state index contributed by atoms with van der Waals surface area (Å²) in [6.45, 7) is 6.07. The van der Waals surface area contributed by atoms with Gasteiger partial charge in [-0.05, 0) is 54.4 Å². The molecule has 0 unspecified atom stereocenters. The highest BCUT2D eigenvalue weighted by atomic mass is 16.5. The molecule has 2 aromatic carbocycles. The molecule has 0 radical (unpaired) electrons. The summed E-state index contributed by atoms with van der Waals surface area (Å²) < 4.78 is 6.47. The third kappa shape index (κ3) is 4.08. The van der Waals surface area contributed by atoms with E-state index in [1.54, 1.807) is 4.90 Å². The summed E-state index contributed by atoms with van der Waals surface area (Å²) >= 11 is 0. The zero-order chi connectivity index (χ0) is 20.4. The van der Waals surface area contributed by atoms with E-state index in [1.807, 2.05) is 25.2 Å². The Kier molecular flexibility index (Phi) is 5.46. The number of hydrogen-bond donors (Lipinski definition) is 1. The van der Waals surface area contributed by atoms with Crippen LogP contribution < -0.4 is 15.0 Å². The highest BCUT2D eigenvalue weighted by Gasteiger charge is 2.36. The van der Waals surface area contributed by atoms with Crippen LogP contribution in [0.2, 0.25) is 0 Å². The number of rotatable bonds is 4. The number of carbonyl (C=O) groups excluding carboxylic acids is 1. The second-order valence-corrected chi connectivity index (χ2v) is 8.57. The standard InChI is InChI=1S/C25H30N2O2/c1-18(2)16-24(28)27(3)20-10-8-19(9-11-20)22-17-25(12-14-26-15-13-25)29-23-7-5-4-6-21(22)23/h4-11,17-18,26H,12-16H2,1-3H3. The van der Waals surface area contributed by atoms with Gasteiger partial charge in [0.15, 0.2) is 0 Å². The van der Waals surface area contributed by atoms with Gasteiger partial charge in [-0.25, -0.2) is 0 Å². The predicted octanol–water partition coefficient (Wildman–Crippen LogP) is 4.64. The summed E-state index contributed by atoms with van der Waals surface area (Å²) in [5, 5.41) is 3.43. The summed E-state index contributed by atoms with van der Waals surface area (Å²) in [6, 6.07) is 16.6. The molecule has 29 heavy (non-hydrogen) atoms. The fourth-order valence-corrected chi connectivity index (χ4v) is 4.20. The number of amides is 1. The van der Waals surface area contributed by atoms with Gasteiger partial charge in [0.2, 0.25) is 5.91 Å². The number of benzene rings is 2. The minimum absolute atomic E-state index is 0.150. The number of anilines is 1. The Labute approximate surface area is 173 Å². The molecule has 152 valence electrons. The van der Waals surface area contributed by atoms with Gasteiger partial charge < -0.3 is 15.0 Å². The van der Waals surface area contributed by atoms with Gasteiger partial charge >= 0.3 is 0 Å². The van der Waals surface area contributed by atoms with Crippen molar-refractivity contribution in [3.8, 4) is 5.75 Å². The average Bonchev–Trinajstić information content (AvgIpc) is 2.73. The summed E-state index contributed by atoms with van der Waals surface area (Å²) in [4.78, 5) is 14.2. The van der Waals surface area contributed by atoms with E-state index in [-0.39, 0.29) is 11.5 Å². The molecule has 4 heteroatoms. The molecule has 0 saturated carbocycles. The maximum atomic E-state index is 12.4. The van der Waals surface area contributed by atoms with E-state index in [1.165, 1.54) is 5.57 Å². The summed E-state index contributed by atoms with van der Waals surface area (Å²) in [5.74, 6) is 1.46. The maximum absolute atomic E-state index is 12.4. The van der Waals surface area contributed by atoms with Gasteiger partial charge in [-0.1, -0.05) is 44.2 Å². The van der Waals surface area contributed by atoms with Crippen LogP contribution in [0.1, 0.15) is 44.2 Å². The van der Waals surface area contributed by atoms with Crippen molar-refractivity contribution < 1.29 is 9.53 Å². The highest BCUT2D eigenvalue weighted by molar-refractivity contribution is 5.93. The van der Waals surface area contributed by atoms with Gasteiger partial charge in [0, 0.05) is 37.6 Å². The first-order valence-electron chi connectivity index (χ1n) is 10.6. The van der Waals surface area contributed by atoms with E-state index in [0.717, 1.165) is 48.5 Å². The van der Waals surface area contributed by atoms with Crippen molar-refractivity contribution in [1.29, 1.82) is 0 Å². The molecule has 1 spiro atoms. The number of carbonyl (C=O) groups is 1. The topological polar surface area (TPSA) is 41.6 Å². The number of para-hydroxylation sites is 1. The number of nitrogens with zero attached hydrogens (tertiary/aromatic N) is 1. The average molecular weight is 391 g/mol. The Balaban J connectivity index is 1.66. The molecular formula is C25H30N2O2. The van der Waals surface area contributed by atoms with Crippen molar-refractivity contribution in [2.45, 2.75) is 38.7 Å². The van der Waals surface area contributed by atoms with E-state index >= 15 is 0 Å². The number of ether oxygens (including phenoxy) is 1. The van der Waals surface area contributed by atoms with Crippen LogP contribution in [0.5, 0.6) is 5.75 Å². The van der Waals surface area contributed by atoms with E-state index in [9.17, 15) is 4.79 Å². The molecular weight excluding hydrogens is 360 g/mol. The van der Waals surface area contributed by atoms with E-state index < -0.39 is 0 Å². The molecule has 2 aliphatic rings. The molecule has 1 N–H and O–H groups in total.